The van der Waals surface area contributed by atoms with Gasteiger partial charge < -0.3 is 0 Å². The van der Waals surface area contributed by atoms with Crippen LogP contribution in [0.3, 0.4) is 0 Å². The predicted octanol–water partition coefficient (Wildman–Crippen LogP) is 7.67. The van der Waals surface area contributed by atoms with Gasteiger partial charge in [-0.3, -0.25) is 0 Å². The van der Waals surface area contributed by atoms with Crippen LogP contribution in [0.15, 0.2) is 127 Å². The van der Waals surface area contributed by atoms with Gasteiger partial charge in [-0.15, -0.1) is 0 Å². The Bertz CT molecular complexity index is 2130. The highest BCUT2D eigenvalue weighted by atomic mass is 15.0. The van der Waals surface area contributed by atoms with Gasteiger partial charge >= 0.3 is 0 Å². The molecule has 7 rings (SSSR count). The van der Waals surface area contributed by atoms with Gasteiger partial charge in [-0.25, -0.2) is 29.9 Å². The first-order chi connectivity index (χ1) is 23.6. The van der Waals surface area contributed by atoms with E-state index in [1.807, 2.05) is 109 Å². The van der Waals surface area contributed by atoms with Crippen LogP contribution >= 0.6 is 0 Å². The summed E-state index contributed by atoms with van der Waals surface area (Å²) in [6, 6.07) is 45.4. The van der Waals surface area contributed by atoms with Crippen molar-refractivity contribution in [1.82, 2.24) is 29.9 Å². The smallest absolute Gasteiger partial charge is 0.164 e. The molecule has 0 radical (unpaired) electrons. The normalized spacial score (nSPS) is 10.4. The molecule has 0 saturated carbocycles. The maximum Gasteiger partial charge on any atom is 0.164 e. The molecule has 0 aliphatic carbocycles. The van der Waals surface area contributed by atoms with Crippen LogP contribution in [-0.4, -0.2) is 29.9 Å². The molecule has 0 N–H and O–H groups in total. The van der Waals surface area contributed by atoms with Crippen LogP contribution < -0.4 is 0 Å². The van der Waals surface area contributed by atoms with E-state index in [-0.39, 0.29) is 0 Å². The number of rotatable bonds is 6. The van der Waals surface area contributed by atoms with E-state index in [0.717, 1.165) is 33.4 Å². The summed E-state index contributed by atoms with van der Waals surface area (Å²) < 4.78 is 0. The van der Waals surface area contributed by atoms with Crippen molar-refractivity contribution in [1.29, 1.82) is 15.8 Å². The quantitative estimate of drug-likeness (QED) is 0.184. The van der Waals surface area contributed by atoms with E-state index in [1.54, 1.807) is 18.2 Å². The van der Waals surface area contributed by atoms with Gasteiger partial charge in [-0.05, 0) is 36.4 Å². The summed E-state index contributed by atoms with van der Waals surface area (Å²) >= 11 is 0. The molecule has 9 heteroatoms. The molecule has 0 amide bonds. The standard InChI is InChI=1S/C39H21N9/c40-22-31-4-1-7-34(43-31)25-10-16-28(17-11-25)37-46-38(29-18-12-26(13-19-29)35-8-2-5-32(23-41)44-35)48-39(47-37)30-20-14-27(15-21-30)36-9-3-6-33(24-42)45-36/h1-21H. The van der Waals surface area contributed by atoms with Gasteiger partial charge in [0.05, 0.1) is 17.1 Å². The van der Waals surface area contributed by atoms with Crippen LogP contribution in [0.25, 0.3) is 67.9 Å². The monoisotopic (exact) mass is 615 g/mol. The summed E-state index contributed by atoms with van der Waals surface area (Å²) in [5.41, 5.74) is 8.06. The third-order valence-corrected chi connectivity index (χ3v) is 7.54. The minimum Gasteiger partial charge on any atom is -0.237 e. The zero-order valence-corrected chi connectivity index (χ0v) is 25.1. The van der Waals surface area contributed by atoms with Gasteiger partial charge in [-0.1, -0.05) is 91.0 Å². The highest BCUT2D eigenvalue weighted by molar-refractivity contribution is 5.72. The Morgan fingerprint density at radius 3 is 0.792 bits per heavy atom. The molecule has 0 bridgehead atoms. The first-order valence-corrected chi connectivity index (χ1v) is 14.8. The lowest BCUT2D eigenvalue weighted by molar-refractivity contribution is 1.07. The highest BCUT2D eigenvalue weighted by Gasteiger charge is 2.14. The zero-order valence-electron chi connectivity index (χ0n) is 25.1. The number of pyridine rings is 3. The first-order valence-electron chi connectivity index (χ1n) is 14.8. The minimum atomic E-state index is 0.350. The van der Waals surface area contributed by atoms with Crippen LogP contribution in [0.1, 0.15) is 17.1 Å². The number of nitriles is 3. The number of benzene rings is 3. The highest BCUT2D eigenvalue weighted by Crippen LogP contribution is 2.29. The van der Waals surface area contributed by atoms with E-state index >= 15 is 0 Å². The summed E-state index contributed by atoms with van der Waals surface area (Å²) in [6.45, 7) is 0. The second-order valence-electron chi connectivity index (χ2n) is 10.6. The van der Waals surface area contributed by atoms with Crippen molar-refractivity contribution < 1.29 is 0 Å². The molecular weight excluding hydrogens is 594 g/mol. The van der Waals surface area contributed by atoms with Gasteiger partial charge in [0.25, 0.3) is 0 Å². The Balaban J connectivity index is 1.28. The van der Waals surface area contributed by atoms with Crippen molar-refractivity contribution >= 4 is 0 Å². The molecule has 4 aromatic heterocycles. The third kappa shape index (κ3) is 6.09. The molecule has 0 fully saturated rings. The summed E-state index contributed by atoms with van der Waals surface area (Å²) in [5.74, 6) is 1.46. The summed E-state index contributed by atoms with van der Waals surface area (Å²) in [7, 11) is 0. The van der Waals surface area contributed by atoms with Gasteiger partial charge in [0.2, 0.25) is 0 Å². The predicted molar refractivity (Wildman–Crippen MR) is 180 cm³/mol. The molecule has 222 valence electrons. The molecule has 7 aromatic rings. The summed E-state index contributed by atoms with van der Waals surface area (Å²) in [4.78, 5) is 27.8. The third-order valence-electron chi connectivity index (χ3n) is 7.54. The van der Waals surface area contributed by atoms with Crippen molar-refractivity contribution in [3.05, 3.63) is 144 Å². The fraction of sp³-hybridized carbons (Fsp3) is 0. The molecule has 0 spiro atoms. The van der Waals surface area contributed by atoms with Gasteiger partial charge in [-0.2, -0.15) is 15.8 Å². The van der Waals surface area contributed by atoms with Crippen LogP contribution in [0.4, 0.5) is 0 Å². The average Bonchev–Trinajstić information content (AvgIpc) is 3.18. The van der Waals surface area contributed by atoms with Crippen LogP contribution in [0, 0.1) is 34.0 Å². The van der Waals surface area contributed by atoms with E-state index in [9.17, 15) is 15.8 Å². The fourth-order valence-electron chi connectivity index (χ4n) is 5.11. The molecule has 48 heavy (non-hydrogen) atoms. The Morgan fingerprint density at radius 1 is 0.292 bits per heavy atom. The van der Waals surface area contributed by atoms with E-state index in [4.69, 9.17) is 15.0 Å². The van der Waals surface area contributed by atoms with Crippen molar-refractivity contribution in [2.75, 3.05) is 0 Å². The fourth-order valence-corrected chi connectivity index (χ4v) is 5.11. The maximum absolute atomic E-state index is 9.27. The summed E-state index contributed by atoms with van der Waals surface area (Å²) in [6.07, 6.45) is 0. The average molecular weight is 616 g/mol. The molecular formula is C39H21N9. The van der Waals surface area contributed by atoms with Crippen molar-refractivity contribution in [3.8, 4) is 86.1 Å². The Kier molecular flexibility index (Phi) is 7.88. The van der Waals surface area contributed by atoms with Crippen LogP contribution in [0.2, 0.25) is 0 Å². The van der Waals surface area contributed by atoms with E-state index in [1.165, 1.54) is 0 Å². The Morgan fingerprint density at radius 2 is 0.542 bits per heavy atom. The molecule has 9 nitrogen and oxygen atoms in total. The lowest BCUT2D eigenvalue weighted by atomic mass is 10.1. The van der Waals surface area contributed by atoms with Crippen molar-refractivity contribution in [3.63, 3.8) is 0 Å². The molecule has 0 aliphatic heterocycles. The van der Waals surface area contributed by atoms with Crippen molar-refractivity contribution in [2.24, 2.45) is 0 Å². The summed E-state index contributed by atoms with van der Waals surface area (Å²) in [5, 5.41) is 27.8. The van der Waals surface area contributed by atoms with Crippen LogP contribution in [0.5, 0.6) is 0 Å². The molecule has 0 saturated heterocycles. The van der Waals surface area contributed by atoms with Gasteiger partial charge in [0, 0.05) is 33.4 Å². The first kappa shape index (κ1) is 29.3. The maximum atomic E-state index is 9.27. The zero-order chi connectivity index (χ0) is 32.9. The molecule has 3 aromatic carbocycles. The molecule has 0 atom stereocenters. The van der Waals surface area contributed by atoms with E-state index in [2.05, 4.69) is 33.2 Å². The second kappa shape index (κ2) is 12.9. The van der Waals surface area contributed by atoms with E-state index < -0.39 is 0 Å². The number of hydrogen-bond acceptors (Lipinski definition) is 9. The van der Waals surface area contributed by atoms with Crippen LogP contribution in [-0.2, 0) is 0 Å². The molecule has 4 heterocycles. The van der Waals surface area contributed by atoms with Crippen molar-refractivity contribution in [2.45, 2.75) is 0 Å². The number of nitrogens with zero attached hydrogens (tertiary/aromatic N) is 9. The topological polar surface area (TPSA) is 149 Å². The molecule has 0 unspecified atom stereocenters. The lowest BCUT2D eigenvalue weighted by Crippen LogP contribution is -2.00. The Labute approximate surface area is 275 Å². The number of aromatic nitrogens is 6. The minimum absolute atomic E-state index is 0.350. The number of hydrogen-bond donors (Lipinski definition) is 0. The van der Waals surface area contributed by atoms with E-state index in [0.29, 0.717) is 51.6 Å². The largest absolute Gasteiger partial charge is 0.237 e. The van der Waals surface area contributed by atoms with Gasteiger partial charge in [0.1, 0.15) is 35.3 Å². The lowest BCUT2D eigenvalue weighted by Gasteiger charge is -2.10. The molecule has 0 aliphatic rings. The van der Waals surface area contributed by atoms with Gasteiger partial charge in [0.15, 0.2) is 17.5 Å². The Hall–Kier alpha value is -7.41. The SMILES string of the molecule is N#Cc1cccc(-c2ccc(-c3nc(-c4ccc(-c5cccc(C#N)n5)cc4)nc(-c4ccc(-c5cccc(C#N)n5)cc4)n3)cc2)n1. The second-order valence-corrected chi connectivity index (χ2v) is 10.6.